The lowest BCUT2D eigenvalue weighted by molar-refractivity contribution is 0.0753. The number of aromatic hydroxyl groups is 1. The first-order valence-corrected chi connectivity index (χ1v) is 5.54. The van der Waals surface area contributed by atoms with Gasteiger partial charge in [0.25, 0.3) is 0 Å². The van der Waals surface area contributed by atoms with Crippen molar-refractivity contribution in [1.29, 1.82) is 0 Å². The molecule has 0 bridgehead atoms. The van der Waals surface area contributed by atoms with Crippen LogP contribution in [0.4, 0.5) is 4.79 Å². The van der Waals surface area contributed by atoms with Gasteiger partial charge in [0.2, 0.25) is 0 Å². The van der Waals surface area contributed by atoms with Crippen molar-refractivity contribution < 1.29 is 15.0 Å². The molecule has 17 heavy (non-hydrogen) atoms. The Hall–Kier alpha value is -1.71. The standard InChI is InChI=1S/C13H19NO3/c1-9(10-5-7-11(15)8-6-10)14(12(16)17)13(2,3)4/h5-9,15H,1-4H3,(H,16,17)/t9-/m0/s1. The molecular weight excluding hydrogens is 218 g/mol. The summed E-state index contributed by atoms with van der Waals surface area (Å²) in [4.78, 5) is 12.7. The molecule has 4 nitrogen and oxygen atoms in total. The summed E-state index contributed by atoms with van der Waals surface area (Å²) in [5.41, 5.74) is 0.392. The third-order valence-electron chi connectivity index (χ3n) is 2.69. The molecule has 0 aromatic heterocycles. The number of carboxylic acid groups (broad SMARTS) is 1. The number of phenols is 1. The van der Waals surface area contributed by atoms with Gasteiger partial charge in [0, 0.05) is 5.54 Å². The summed E-state index contributed by atoms with van der Waals surface area (Å²) < 4.78 is 0. The Kier molecular flexibility index (Phi) is 3.66. The van der Waals surface area contributed by atoms with Crippen molar-refractivity contribution in [3.8, 4) is 5.75 Å². The van der Waals surface area contributed by atoms with E-state index in [1.54, 1.807) is 24.3 Å². The van der Waals surface area contributed by atoms with Crippen LogP contribution in [-0.4, -0.2) is 26.7 Å². The van der Waals surface area contributed by atoms with Gasteiger partial charge in [0.15, 0.2) is 0 Å². The van der Waals surface area contributed by atoms with Gasteiger partial charge >= 0.3 is 6.09 Å². The molecule has 1 rings (SSSR count). The Morgan fingerprint density at radius 2 is 1.71 bits per heavy atom. The normalized spacial score (nSPS) is 13.2. The lowest BCUT2D eigenvalue weighted by Crippen LogP contribution is -2.46. The molecule has 4 heteroatoms. The van der Waals surface area contributed by atoms with Gasteiger partial charge in [0.05, 0.1) is 6.04 Å². The molecular formula is C13H19NO3. The molecule has 1 aromatic rings. The molecule has 0 fully saturated rings. The molecule has 0 saturated carbocycles. The molecule has 1 atom stereocenters. The maximum Gasteiger partial charge on any atom is 0.408 e. The molecule has 1 aromatic carbocycles. The number of amides is 1. The Balaban J connectivity index is 3.04. The van der Waals surface area contributed by atoms with Crippen LogP contribution in [0.3, 0.4) is 0 Å². The zero-order valence-electron chi connectivity index (χ0n) is 10.6. The highest BCUT2D eigenvalue weighted by Gasteiger charge is 2.31. The van der Waals surface area contributed by atoms with Crippen molar-refractivity contribution in [1.82, 2.24) is 4.90 Å². The van der Waals surface area contributed by atoms with E-state index in [2.05, 4.69) is 0 Å². The highest BCUT2D eigenvalue weighted by molar-refractivity contribution is 5.66. The van der Waals surface area contributed by atoms with Crippen molar-refractivity contribution in [3.05, 3.63) is 29.8 Å². The number of rotatable bonds is 2. The summed E-state index contributed by atoms with van der Waals surface area (Å²) >= 11 is 0. The van der Waals surface area contributed by atoms with Gasteiger partial charge in [-0.25, -0.2) is 4.79 Å². The number of benzene rings is 1. The van der Waals surface area contributed by atoms with Gasteiger partial charge in [-0.05, 0) is 45.4 Å². The van der Waals surface area contributed by atoms with E-state index >= 15 is 0 Å². The Morgan fingerprint density at radius 3 is 2.06 bits per heavy atom. The minimum absolute atomic E-state index is 0.179. The third-order valence-corrected chi connectivity index (χ3v) is 2.69. The Bertz CT molecular complexity index is 392. The number of carbonyl (C=O) groups is 1. The molecule has 0 aliphatic heterocycles. The van der Waals surface area contributed by atoms with E-state index in [9.17, 15) is 15.0 Å². The average Bonchev–Trinajstić information content (AvgIpc) is 2.15. The van der Waals surface area contributed by atoms with Crippen LogP contribution in [0.15, 0.2) is 24.3 Å². The van der Waals surface area contributed by atoms with Crippen molar-refractivity contribution >= 4 is 6.09 Å². The summed E-state index contributed by atoms with van der Waals surface area (Å²) in [5.74, 6) is 0.179. The maximum absolute atomic E-state index is 11.3. The van der Waals surface area contributed by atoms with E-state index < -0.39 is 11.6 Å². The summed E-state index contributed by atoms with van der Waals surface area (Å²) in [5, 5.41) is 18.5. The largest absolute Gasteiger partial charge is 0.508 e. The van der Waals surface area contributed by atoms with Crippen LogP contribution in [0.5, 0.6) is 5.75 Å². The highest BCUT2D eigenvalue weighted by atomic mass is 16.4. The molecule has 0 radical (unpaired) electrons. The molecule has 1 amide bonds. The summed E-state index contributed by atoms with van der Waals surface area (Å²) in [6, 6.07) is 6.35. The number of hydrogen-bond donors (Lipinski definition) is 2. The van der Waals surface area contributed by atoms with E-state index in [1.165, 1.54) is 4.90 Å². The van der Waals surface area contributed by atoms with Crippen molar-refractivity contribution in [3.63, 3.8) is 0 Å². The zero-order valence-corrected chi connectivity index (χ0v) is 10.6. The first kappa shape index (κ1) is 13.4. The number of phenolic OH excluding ortho intramolecular Hbond substituents is 1. The summed E-state index contributed by atoms with van der Waals surface area (Å²) in [6.45, 7) is 7.42. The van der Waals surface area contributed by atoms with Crippen LogP contribution in [0.25, 0.3) is 0 Å². The SMILES string of the molecule is C[C@@H](c1ccc(O)cc1)N(C(=O)O)C(C)(C)C. The van der Waals surface area contributed by atoms with Crippen LogP contribution in [-0.2, 0) is 0 Å². The molecule has 2 N–H and O–H groups in total. The summed E-state index contributed by atoms with van der Waals surface area (Å²) in [6.07, 6.45) is -0.946. The molecule has 0 aliphatic carbocycles. The van der Waals surface area contributed by atoms with Crippen LogP contribution >= 0.6 is 0 Å². The van der Waals surface area contributed by atoms with Crippen molar-refractivity contribution in [2.75, 3.05) is 0 Å². The zero-order chi connectivity index (χ0) is 13.2. The van der Waals surface area contributed by atoms with E-state index in [-0.39, 0.29) is 11.8 Å². The van der Waals surface area contributed by atoms with Gasteiger partial charge in [-0.1, -0.05) is 12.1 Å². The second-order valence-electron chi connectivity index (χ2n) is 5.09. The quantitative estimate of drug-likeness (QED) is 0.830. The average molecular weight is 237 g/mol. The fourth-order valence-electron chi connectivity index (χ4n) is 1.94. The van der Waals surface area contributed by atoms with Crippen molar-refractivity contribution in [2.45, 2.75) is 39.3 Å². The molecule has 0 aliphatic rings. The fraction of sp³-hybridized carbons (Fsp3) is 0.462. The topological polar surface area (TPSA) is 60.8 Å². The van der Waals surface area contributed by atoms with Gasteiger partial charge in [0.1, 0.15) is 5.75 Å². The maximum atomic E-state index is 11.3. The molecule has 0 saturated heterocycles. The van der Waals surface area contributed by atoms with E-state index in [0.29, 0.717) is 0 Å². The van der Waals surface area contributed by atoms with Crippen LogP contribution in [0, 0.1) is 0 Å². The van der Waals surface area contributed by atoms with Gasteiger partial charge in [-0.2, -0.15) is 0 Å². The molecule has 94 valence electrons. The Labute approximate surface area is 101 Å². The minimum atomic E-state index is -0.946. The summed E-state index contributed by atoms with van der Waals surface area (Å²) in [7, 11) is 0. The smallest absolute Gasteiger partial charge is 0.408 e. The van der Waals surface area contributed by atoms with E-state index in [1.807, 2.05) is 27.7 Å². The lowest BCUT2D eigenvalue weighted by atomic mass is 9.99. The second kappa shape index (κ2) is 4.65. The van der Waals surface area contributed by atoms with Crippen LogP contribution in [0.1, 0.15) is 39.3 Å². The monoisotopic (exact) mass is 237 g/mol. The van der Waals surface area contributed by atoms with Crippen molar-refractivity contribution in [2.24, 2.45) is 0 Å². The van der Waals surface area contributed by atoms with Gasteiger partial charge in [-0.3, -0.25) is 4.90 Å². The van der Waals surface area contributed by atoms with E-state index in [4.69, 9.17) is 0 Å². The Morgan fingerprint density at radius 1 is 1.24 bits per heavy atom. The van der Waals surface area contributed by atoms with Gasteiger partial charge in [-0.15, -0.1) is 0 Å². The van der Waals surface area contributed by atoms with E-state index in [0.717, 1.165) is 5.56 Å². The van der Waals surface area contributed by atoms with Crippen LogP contribution < -0.4 is 0 Å². The highest BCUT2D eigenvalue weighted by Crippen LogP contribution is 2.28. The first-order valence-electron chi connectivity index (χ1n) is 5.54. The second-order valence-corrected chi connectivity index (χ2v) is 5.09. The van der Waals surface area contributed by atoms with Crippen LogP contribution in [0.2, 0.25) is 0 Å². The number of hydrogen-bond acceptors (Lipinski definition) is 2. The minimum Gasteiger partial charge on any atom is -0.508 e. The predicted molar refractivity (Wildman–Crippen MR) is 66.1 cm³/mol. The first-order chi connectivity index (χ1) is 7.73. The lowest BCUT2D eigenvalue weighted by Gasteiger charge is -2.38. The third kappa shape index (κ3) is 3.12. The fourth-order valence-corrected chi connectivity index (χ4v) is 1.94. The molecule has 0 spiro atoms. The molecule has 0 heterocycles. The molecule has 0 unspecified atom stereocenters. The van der Waals surface area contributed by atoms with Gasteiger partial charge < -0.3 is 10.2 Å². The number of nitrogens with zero attached hydrogens (tertiary/aromatic N) is 1. The predicted octanol–water partition coefficient (Wildman–Crippen LogP) is 3.23.